The molecule has 0 radical (unpaired) electrons. The van der Waals surface area contributed by atoms with Gasteiger partial charge in [-0.25, -0.2) is 4.98 Å². The lowest BCUT2D eigenvalue weighted by Crippen LogP contribution is -2.17. The molecular formula is C15H23N3OS. The van der Waals surface area contributed by atoms with Gasteiger partial charge in [-0.15, -0.1) is 0 Å². The fourth-order valence-corrected chi connectivity index (χ4v) is 3.67. The van der Waals surface area contributed by atoms with E-state index in [1.165, 1.54) is 12.8 Å². The normalized spacial score (nSPS) is 18.2. The van der Waals surface area contributed by atoms with Crippen molar-refractivity contribution < 1.29 is 4.74 Å². The number of rotatable bonds is 6. The highest BCUT2D eigenvalue weighted by Crippen LogP contribution is 2.31. The lowest BCUT2D eigenvalue weighted by atomic mass is 9.99. The van der Waals surface area contributed by atoms with Gasteiger partial charge in [0.2, 0.25) is 5.88 Å². The predicted molar refractivity (Wildman–Crippen MR) is 86.8 cm³/mol. The minimum Gasteiger partial charge on any atom is -0.478 e. The van der Waals surface area contributed by atoms with Crippen LogP contribution in [0.3, 0.4) is 0 Å². The molecule has 0 fully saturated rings. The zero-order chi connectivity index (χ0) is 14.4. The number of anilines is 1. The molecule has 0 bridgehead atoms. The van der Waals surface area contributed by atoms with Gasteiger partial charge in [0.05, 0.1) is 25.0 Å². The van der Waals surface area contributed by atoms with Crippen LogP contribution in [0.5, 0.6) is 5.88 Å². The molecule has 4 nitrogen and oxygen atoms in total. The van der Waals surface area contributed by atoms with Crippen molar-refractivity contribution in [1.29, 1.82) is 0 Å². The first-order valence-electron chi connectivity index (χ1n) is 7.33. The lowest BCUT2D eigenvalue weighted by Gasteiger charge is -2.18. The van der Waals surface area contributed by atoms with Gasteiger partial charge in [-0.1, -0.05) is 38.5 Å². The Morgan fingerprint density at radius 1 is 1.35 bits per heavy atom. The Morgan fingerprint density at radius 2 is 2.15 bits per heavy atom. The van der Waals surface area contributed by atoms with E-state index < -0.39 is 0 Å². The van der Waals surface area contributed by atoms with Crippen molar-refractivity contribution in [3.63, 3.8) is 0 Å². The third-order valence-electron chi connectivity index (χ3n) is 3.53. The maximum atomic E-state index is 5.33. The topological polar surface area (TPSA) is 46.5 Å². The second-order valence-electron chi connectivity index (χ2n) is 4.82. The van der Waals surface area contributed by atoms with Crippen LogP contribution in [0.1, 0.15) is 33.6 Å². The van der Waals surface area contributed by atoms with E-state index in [0.717, 1.165) is 23.3 Å². The van der Waals surface area contributed by atoms with Crippen molar-refractivity contribution in [2.75, 3.05) is 18.5 Å². The molecule has 2 heterocycles. The van der Waals surface area contributed by atoms with E-state index >= 15 is 0 Å². The summed E-state index contributed by atoms with van der Waals surface area (Å²) in [7, 11) is 0. The monoisotopic (exact) mass is 293 g/mol. The average molecular weight is 293 g/mol. The average Bonchev–Trinajstić information content (AvgIpc) is 2.91. The van der Waals surface area contributed by atoms with Crippen molar-refractivity contribution in [2.45, 2.75) is 38.9 Å². The van der Waals surface area contributed by atoms with Gasteiger partial charge in [0.1, 0.15) is 0 Å². The van der Waals surface area contributed by atoms with Gasteiger partial charge < -0.3 is 10.1 Å². The molecule has 0 spiro atoms. The first kappa shape index (κ1) is 15.2. The van der Waals surface area contributed by atoms with Gasteiger partial charge in [-0.05, 0) is 18.9 Å². The minimum atomic E-state index is 0.614. The van der Waals surface area contributed by atoms with Crippen LogP contribution >= 0.6 is 11.8 Å². The van der Waals surface area contributed by atoms with Crippen LogP contribution in [0.4, 0.5) is 5.69 Å². The summed E-state index contributed by atoms with van der Waals surface area (Å²) < 4.78 is 5.33. The van der Waals surface area contributed by atoms with Crippen molar-refractivity contribution in [3.8, 4) is 5.88 Å². The zero-order valence-electron chi connectivity index (χ0n) is 12.4. The Kier molecular flexibility index (Phi) is 5.71. The van der Waals surface area contributed by atoms with Gasteiger partial charge in [0.15, 0.2) is 5.17 Å². The molecule has 20 heavy (non-hydrogen) atoms. The minimum absolute atomic E-state index is 0.614. The van der Waals surface area contributed by atoms with Crippen LogP contribution < -0.4 is 10.1 Å². The van der Waals surface area contributed by atoms with E-state index in [2.05, 4.69) is 29.1 Å². The standard InChI is InChI=1S/C15H23N3OS/c1-4-11(5-2)13-10-17-15(20-13)18-12-7-8-14(16-9-12)19-6-3/h7-9,11,13H,4-6,10H2,1-3H3,(H,17,18). The number of nitrogens with one attached hydrogen (secondary N) is 1. The van der Waals surface area contributed by atoms with E-state index in [-0.39, 0.29) is 0 Å². The van der Waals surface area contributed by atoms with E-state index in [0.29, 0.717) is 17.7 Å². The summed E-state index contributed by atoms with van der Waals surface area (Å²) in [4.78, 5) is 8.85. The van der Waals surface area contributed by atoms with Crippen LogP contribution in [0.15, 0.2) is 23.3 Å². The van der Waals surface area contributed by atoms with E-state index in [9.17, 15) is 0 Å². The van der Waals surface area contributed by atoms with Crippen molar-refractivity contribution in [2.24, 2.45) is 10.9 Å². The number of hydrogen-bond donors (Lipinski definition) is 1. The molecule has 0 saturated heterocycles. The Morgan fingerprint density at radius 3 is 2.75 bits per heavy atom. The van der Waals surface area contributed by atoms with Crippen LogP contribution in [-0.2, 0) is 0 Å². The van der Waals surface area contributed by atoms with Gasteiger partial charge in [0, 0.05) is 11.3 Å². The molecule has 5 heteroatoms. The number of ether oxygens (including phenoxy) is 1. The van der Waals surface area contributed by atoms with Crippen LogP contribution in [-0.4, -0.2) is 28.6 Å². The quantitative estimate of drug-likeness (QED) is 0.866. The number of thioether (sulfide) groups is 1. The van der Waals surface area contributed by atoms with Crippen LogP contribution in [0.2, 0.25) is 0 Å². The van der Waals surface area contributed by atoms with Crippen LogP contribution in [0, 0.1) is 5.92 Å². The number of aliphatic imine (C=N–C) groups is 1. The molecule has 0 aromatic carbocycles. The highest BCUT2D eigenvalue weighted by molar-refractivity contribution is 8.15. The van der Waals surface area contributed by atoms with E-state index in [1.54, 1.807) is 6.20 Å². The zero-order valence-corrected chi connectivity index (χ0v) is 13.2. The van der Waals surface area contributed by atoms with Crippen molar-refractivity contribution in [1.82, 2.24) is 4.98 Å². The summed E-state index contributed by atoms with van der Waals surface area (Å²) in [5, 5.41) is 4.96. The largest absolute Gasteiger partial charge is 0.478 e. The van der Waals surface area contributed by atoms with Gasteiger partial charge in [-0.2, -0.15) is 0 Å². The molecule has 1 aliphatic rings. The Balaban J connectivity index is 1.88. The molecule has 1 unspecified atom stereocenters. The first-order chi connectivity index (χ1) is 9.76. The number of amidine groups is 1. The summed E-state index contributed by atoms with van der Waals surface area (Å²) >= 11 is 1.86. The highest BCUT2D eigenvalue weighted by atomic mass is 32.2. The number of pyridine rings is 1. The maximum absolute atomic E-state index is 5.33. The third-order valence-corrected chi connectivity index (χ3v) is 4.82. The molecule has 1 aromatic heterocycles. The molecule has 1 aliphatic heterocycles. The molecule has 2 rings (SSSR count). The van der Waals surface area contributed by atoms with Crippen LogP contribution in [0.25, 0.3) is 0 Å². The summed E-state index contributed by atoms with van der Waals surface area (Å²) in [6.45, 7) is 8.03. The molecular weight excluding hydrogens is 270 g/mol. The number of aromatic nitrogens is 1. The van der Waals surface area contributed by atoms with Gasteiger partial charge in [-0.3, -0.25) is 4.99 Å². The molecule has 1 N–H and O–H groups in total. The molecule has 1 atom stereocenters. The Hall–Kier alpha value is -1.23. The van der Waals surface area contributed by atoms with E-state index in [1.807, 2.05) is 30.8 Å². The lowest BCUT2D eigenvalue weighted by molar-refractivity contribution is 0.327. The fourth-order valence-electron chi connectivity index (χ4n) is 2.33. The summed E-state index contributed by atoms with van der Waals surface area (Å²) in [5.74, 6) is 1.41. The Labute approximate surface area is 125 Å². The van der Waals surface area contributed by atoms with E-state index in [4.69, 9.17) is 4.74 Å². The summed E-state index contributed by atoms with van der Waals surface area (Å²) in [6, 6.07) is 3.86. The number of nitrogens with zero attached hydrogens (tertiary/aromatic N) is 2. The second kappa shape index (κ2) is 7.53. The molecule has 0 saturated carbocycles. The molecule has 110 valence electrons. The maximum Gasteiger partial charge on any atom is 0.213 e. The smallest absolute Gasteiger partial charge is 0.213 e. The fraction of sp³-hybridized carbons (Fsp3) is 0.600. The summed E-state index contributed by atoms with van der Waals surface area (Å²) in [6.07, 6.45) is 4.24. The molecule has 0 aliphatic carbocycles. The molecule has 1 aromatic rings. The van der Waals surface area contributed by atoms with Crippen molar-refractivity contribution in [3.05, 3.63) is 18.3 Å². The second-order valence-corrected chi connectivity index (χ2v) is 6.05. The highest BCUT2D eigenvalue weighted by Gasteiger charge is 2.25. The predicted octanol–water partition coefficient (Wildman–Crippen LogP) is 3.80. The third kappa shape index (κ3) is 3.88. The van der Waals surface area contributed by atoms with Gasteiger partial charge >= 0.3 is 0 Å². The summed E-state index contributed by atoms with van der Waals surface area (Å²) in [5.41, 5.74) is 0.963. The van der Waals surface area contributed by atoms with Gasteiger partial charge in [0.25, 0.3) is 0 Å². The number of hydrogen-bond acceptors (Lipinski definition) is 5. The molecule has 0 amide bonds. The SMILES string of the molecule is CCOc1ccc(NC2=NCC(C(CC)CC)S2)cn1. The first-order valence-corrected chi connectivity index (χ1v) is 8.21. The van der Waals surface area contributed by atoms with Crippen molar-refractivity contribution >= 4 is 22.6 Å². The Bertz CT molecular complexity index is 443.